The number of rotatable bonds is 7. The fourth-order valence-electron chi connectivity index (χ4n) is 3.26. The first kappa shape index (κ1) is 22.9. The van der Waals surface area contributed by atoms with Crippen molar-refractivity contribution in [2.24, 2.45) is 5.41 Å². The summed E-state index contributed by atoms with van der Waals surface area (Å²) in [7, 11) is 1.76. The summed E-state index contributed by atoms with van der Waals surface area (Å²) in [5.74, 6) is -3.78. The van der Waals surface area contributed by atoms with Gasteiger partial charge in [0.25, 0.3) is 0 Å². The Bertz CT molecular complexity index is 845. The number of ether oxygens (including phenoxy) is 1. The summed E-state index contributed by atoms with van der Waals surface area (Å²) in [6.45, 7) is 1.62. The number of carboxylic acids is 2. The van der Waals surface area contributed by atoms with E-state index in [9.17, 15) is 18.0 Å². The Morgan fingerprint density at radius 2 is 1.97 bits per heavy atom. The van der Waals surface area contributed by atoms with Crippen LogP contribution in [0.2, 0.25) is 0 Å². The van der Waals surface area contributed by atoms with Crippen molar-refractivity contribution in [3.05, 3.63) is 12.0 Å². The molecule has 1 saturated carbocycles. The number of halogens is 3. The van der Waals surface area contributed by atoms with Gasteiger partial charge in [0.05, 0.1) is 6.61 Å². The number of fused-ring (bicyclic) bond motifs is 1. The van der Waals surface area contributed by atoms with E-state index in [0.29, 0.717) is 4.83 Å². The molecule has 0 aliphatic heterocycles. The molecular weight excluding hydrogens is 417 g/mol. The third-order valence-corrected chi connectivity index (χ3v) is 5.58. The summed E-state index contributed by atoms with van der Waals surface area (Å²) in [4.78, 5) is 24.4. The molecule has 0 spiro atoms. The van der Waals surface area contributed by atoms with Crippen LogP contribution in [0, 0.1) is 5.41 Å². The Hall–Kier alpha value is -2.41. The van der Waals surface area contributed by atoms with E-state index >= 15 is 0 Å². The Labute approximate surface area is 167 Å². The highest BCUT2D eigenvalue weighted by atomic mass is 32.1. The molecule has 1 aliphatic carbocycles. The number of carbonyl (C=O) groups is 2. The lowest BCUT2D eigenvalue weighted by atomic mass is 9.83. The van der Waals surface area contributed by atoms with Crippen molar-refractivity contribution in [2.45, 2.75) is 38.3 Å². The molecule has 0 saturated heterocycles. The summed E-state index contributed by atoms with van der Waals surface area (Å²) < 4.78 is 38.6. The van der Waals surface area contributed by atoms with Crippen LogP contribution in [0.4, 0.5) is 18.3 Å². The van der Waals surface area contributed by atoms with E-state index < -0.39 is 18.1 Å². The van der Waals surface area contributed by atoms with Gasteiger partial charge < -0.3 is 20.3 Å². The largest absolute Gasteiger partial charge is 0.490 e. The van der Waals surface area contributed by atoms with Gasteiger partial charge >= 0.3 is 18.1 Å². The van der Waals surface area contributed by atoms with Crippen LogP contribution in [0.1, 0.15) is 42.6 Å². The average Bonchev–Trinajstić information content (AvgIpc) is 3.30. The van der Waals surface area contributed by atoms with E-state index in [0.717, 1.165) is 24.7 Å². The molecule has 2 heterocycles. The van der Waals surface area contributed by atoms with Crippen molar-refractivity contribution in [3.8, 4) is 0 Å². The van der Waals surface area contributed by atoms with Crippen LogP contribution in [0.5, 0.6) is 0 Å². The third-order valence-electron chi connectivity index (χ3n) is 4.59. The maximum Gasteiger partial charge on any atom is 0.490 e. The number of carboxylic acid groups (broad SMARTS) is 2. The Morgan fingerprint density at radius 3 is 2.48 bits per heavy atom. The predicted molar refractivity (Wildman–Crippen MR) is 97.4 cm³/mol. The highest BCUT2D eigenvalue weighted by Crippen LogP contribution is 2.41. The van der Waals surface area contributed by atoms with Crippen molar-refractivity contribution >= 4 is 33.2 Å². The van der Waals surface area contributed by atoms with E-state index in [-0.39, 0.29) is 11.1 Å². The molecule has 13 heteroatoms. The molecule has 9 nitrogen and oxygen atoms in total. The van der Waals surface area contributed by atoms with Gasteiger partial charge in [-0.05, 0) is 24.7 Å². The van der Waals surface area contributed by atoms with Gasteiger partial charge in [0.1, 0.15) is 6.33 Å². The quantitative estimate of drug-likeness (QED) is 0.602. The zero-order valence-corrected chi connectivity index (χ0v) is 16.3. The van der Waals surface area contributed by atoms with Crippen LogP contribution < -0.4 is 5.32 Å². The second-order valence-corrected chi connectivity index (χ2v) is 7.65. The Kier molecular flexibility index (Phi) is 7.41. The van der Waals surface area contributed by atoms with Gasteiger partial charge in [-0.3, -0.25) is 0 Å². The minimum Gasteiger partial charge on any atom is -0.476 e. The second-order valence-electron chi connectivity index (χ2n) is 6.68. The molecule has 2 aromatic rings. The van der Waals surface area contributed by atoms with E-state index in [1.54, 1.807) is 7.11 Å². The van der Waals surface area contributed by atoms with Crippen molar-refractivity contribution < 1.29 is 37.7 Å². The molecule has 0 radical (unpaired) electrons. The molecule has 0 atom stereocenters. The number of nitrogens with zero attached hydrogens (tertiary/aromatic N) is 3. The molecule has 3 rings (SSSR count). The topological polar surface area (TPSA) is 126 Å². The number of alkyl halides is 3. The van der Waals surface area contributed by atoms with Gasteiger partial charge in [-0.15, -0.1) is 5.10 Å². The number of aromatic carboxylic acids is 1. The van der Waals surface area contributed by atoms with Gasteiger partial charge in [0, 0.05) is 13.7 Å². The summed E-state index contributed by atoms with van der Waals surface area (Å²) in [5, 5.41) is 24.5. The number of aliphatic carboxylic acids is 1. The van der Waals surface area contributed by atoms with Crippen LogP contribution in [-0.2, 0) is 9.53 Å². The van der Waals surface area contributed by atoms with Crippen LogP contribution in [0.25, 0.3) is 4.83 Å². The lowest BCUT2D eigenvalue weighted by Gasteiger charge is -2.28. The number of imidazole rings is 1. The Balaban J connectivity index is 0.000000370. The maximum absolute atomic E-state index is 11.1. The monoisotopic (exact) mass is 438 g/mol. The van der Waals surface area contributed by atoms with Gasteiger partial charge in [0.15, 0.2) is 10.5 Å². The minimum absolute atomic E-state index is 0.0530. The van der Waals surface area contributed by atoms with E-state index in [1.165, 1.54) is 47.9 Å². The molecule has 3 N–H and O–H groups in total. The van der Waals surface area contributed by atoms with E-state index in [2.05, 4.69) is 15.4 Å². The zero-order valence-electron chi connectivity index (χ0n) is 15.5. The lowest BCUT2D eigenvalue weighted by molar-refractivity contribution is -0.192. The highest BCUT2D eigenvalue weighted by molar-refractivity contribution is 7.21. The fourth-order valence-corrected chi connectivity index (χ4v) is 4.16. The molecule has 0 aromatic carbocycles. The fraction of sp³-hybridized carbons (Fsp3) is 0.625. The van der Waals surface area contributed by atoms with Gasteiger partial charge in [-0.25, -0.2) is 19.1 Å². The minimum atomic E-state index is -5.08. The van der Waals surface area contributed by atoms with Gasteiger partial charge in [0.2, 0.25) is 5.13 Å². The zero-order chi connectivity index (χ0) is 21.7. The van der Waals surface area contributed by atoms with Crippen molar-refractivity contribution in [1.29, 1.82) is 0 Å². The van der Waals surface area contributed by atoms with Crippen LogP contribution in [0.15, 0.2) is 6.33 Å². The normalized spacial score (nSPS) is 15.7. The summed E-state index contributed by atoms with van der Waals surface area (Å²) in [6.07, 6.45) is 2.38. The standard InChI is InChI=1S/C14H20N4O3S.C2HF3O2/c1-21-8-14(4-2-3-5-14)6-7-15-13-17-18-9-16-10(12(19)20)11(18)22-13;3-2(4,5)1(6)7/h9H,2-8H2,1H3,(H,15,17)(H,19,20);(H,6,7). The summed E-state index contributed by atoms with van der Waals surface area (Å²) in [5.41, 5.74) is 0.339. The summed E-state index contributed by atoms with van der Waals surface area (Å²) >= 11 is 1.32. The molecule has 0 bridgehead atoms. The number of nitrogens with one attached hydrogen (secondary N) is 1. The first-order valence-corrected chi connectivity index (χ1v) is 9.50. The van der Waals surface area contributed by atoms with E-state index in [1.807, 2.05) is 0 Å². The highest BCUT2D eigenvalue weighted by Gasteiger charge is 2.38. The smallest absolute Gasteiger partial charge is 0.476 e. The predicted octanol–water partition coefficient (Wildman–Crippen LogP) is 3.13. The Morgan fingerprint density at radius 1 is 1.34 bits per heavy atom. The van der Waals surface area contributed by atoms with E-state index in [4.69, 9.17) is 19.7 Å². The molecular formula is C16H21F3N4O5S. The molecule has 1 fully saturated rings. The maximum atomic E-state index is 11.1. The number of hydrogen-bond acceptors (Lipinski definition) is 7. The first-order chi connectivity index (χ1) is 13.6. The molecule has 0 unspecified atom stereocenters. The van der Waals surface area contributed by atoms with Crippen molar-refractivity contribution in [1.82, 2.24) is 14.6 Å². The lowest BCUT2D eigenvalue weighted by Crippen LogP contribution is -2.26. The van der Waals surface area contributed by atoms with Crippen molar-refractivity contribution in [3.63, 3.8) is 0 Å². The number of aromatic nitrogens is 3. The third kappa shape index (κ3) is 6.03. The molecule has 2 aromatic heterocycles. The number of hydrogen-bond donors (Lipinski definition) is 3. The molecule has 1 aliphatic rings. The average molecular weight is 438 g/mol. The second kappa shape index (κ2) is 9.39. The SMILES string of the molecule is COCC1(CCNc2nn3cnc(C(=O)O)c3s2)CCCC1.O=C(O)C(F)(F)F. The van der Waals surface area contributed by atoms with Gasteiger partial charge in [-0.2, -0.15) is 13.2 Å². The molecule has 0 amide bonds. The number of methoxy groups -OCH3 is 1. The van der Waals surface area contributed by atoms with Crippen LogP contribution in [0.3, 0.4) is 0 Å². The van der Waals surface area contributed by atoms with Crippen LogP contribution >= 0.6 is 11.3 Å². The first-order valence-electron chi connectivity index (χ1n) is 8.68. The van der Waals surface area contributed by atoms with Crippen molar-refractivity contribution in [2.75, 3.05) is 25.6 Å². The van der Waals surface area contributed by atoms with Gasteiger partial charge in [-0.1, -0.05) is 24.2 Å². The molecule has 162 valence electrons. The number of anilines is 1. The summed E-state index contributed by atoms with van der Waals surface area (Å²) in [6, 6.07) is 0. The van der Waals surface area contributed by atoms with Crippen LogP contribution in [-0.4, -0.2) is 63.2 Å². The molecule has 29 heavy (non-hydrogen) atoms.